The van der Waals surface area contributed by atoms with E-state index < -0.39 is 0 Å². The Labute approximate surface area is 139 Å². The Hall–Kier alpha value is -2.33. The number of ether oxygens (including phenoxy) is 2. The molecule has 2 aromatic carbocycles. The van der Waals surface area contributed by atoms with Crippen molar-refractivity contribution in [2.24, 2.45) is 0 Å². The summed E-state index contributed by atoms with van der Waals surface area (Å²) in [7, 11) is 1.41. The Morgan fingerprint density at radius 2 is 1.87 bits per heavy atom. The topological polar surface area (TPSA) is 35.5 Å². The van der Waals surface area contributed by atoms with Crippen LogP contribution in [0.15, 0.2) is 53.9 Å². The molecule has 118 valence electrons. The number of carbonyl (C=O) groups is 1. The van der Waals surface area contributed by atoms with E-state index in [-0.39, 0.29) is 5.97 Å². The van der Waals surface area contributed by atoms with Crippen molar-refractivity contribution in [3.63, 3.8) is 0 Å². The summed E-state index contributed by atoms with van der Waals surface area (Å²) in [4.78, 5) is 11.1. The third-order valence-corrected chi connectivity index (χ3v) is 4.74. The molecular formula is C19H18O3S. The fourth-order valence-corrected chi connectivity index (χ4v) is 3.35. The minimum atomic E-state index is -0.185. The molecule has 0 unspecified atom stereocenters. The summed E-state index contributed by atoms with van der Waals surface area (Å²) >= 11 is 1.74. The zero-order valence-corrected chi connectivity index (χ0v) is 13.8. The van der Waals surface area contributed by atoms with Gasteiger partial charge in [-0.2, -0.15) is 0 Å². The van der Waals surface area contributed by atoms with Gasteiger partial charge in [-0.25, -0.2) is 0 Å². The van der Waals surface area contributed by atoms with Gasteiger partial charge in [-0.15, -0.1) is 11.3 Å². The summed E-state index contributed by atoms with van der Waals surface area (Å²) in [5.41, 5.74) is 2.31. The maximum absolute atomic E-state index is 11.1. The molecule has 0 radical (unpaired) electrons. The first-order valence-electron chi connectivity index (χ1n) is 7.50. The van der Waals surface area contributed by atoms with Crippen molar-refractivity contribution in [1.29, 1.82) is 0 Å². The third kappa shape index (κ3) is 3.90. The number of carbonyl (C=O) groups excluding carboxylic acids is 1. The molecular weight excluding hydrogens is 308 g/mol. The summed E-state index contributed by atoms with van der Waals surface area (Å²) in [6.45, 7) is 0.561. The molecule has 0 atom stereocenters. The van der Waals surface area contributed by atoms with Crippen LogP contribution in [0.1, 0.15) is 17.5 Å². The van der Waals surface area contributed by atoms with E-state index in [2.05, 4.69) is 34.4 Å². The highest BCUT2D eigenvalue weighted by Gasteiger charge is 2.05. The molecule has 1 aromatic heterocycles. The maximum atomic E-state index is 11.1. The van der Waals surface area contributed by atoms with E-state index in [1.165, 1.54) is 22.8 Å². The van der Waals surface area contributed by atoms with Gasteiger partial charge in [0, 0.05) is 16.7 Å². The number of hydrogen-bond acceptors (Lipinski definition) is 4. The van der Waals surface area contributed by atoms with Gasteiger partial charge in [-0.3, -0.25) is 4.79 Å². The average molecular weight is 326 g/mol. The standard InChI is InChI=1S/C19H18O3S/c1-21-19(20)11-8-14-6-9-16(10-7-14)22-12-15-13-23-18-5-3-2-4-17(15)18/h2-7,9-10,13H,8,11-12H2,1H3. The van der Waals surface area contributed by atoms with Crippen molar-refractivity contribution < 1.29 is 14.3 Å². The highest BCUT2D eigenvalue weighted by molar-refractivity contribution is 7.17. The minimum absolute atomic E-state index is 0.185. The van der Waals surface area contributed by atoms with Crippen molar-refractivity contribution in [2.75, 3.05) is 7.11 Å². The van der Waals surface area contributed by atoms with Crippen molar-refractivity contribution in [3.8, 4) is 5.75 Å². The summed E-state index contributed by atoms with van der Waals surface area (Å²) < 4.78 is 11.8. The number of rotatable bonds is 6. The summed E-state index contributed by atoms with van der Waals surface area (Å²) in [5.74, 6) is 0.650. The van der Waals surface area contributed by atoms with E-state index in [4.69, 9.17) is 4.74 Å². The molecule has 0 aliphatic carbocycles. The van der Waals surface area contributed by atoms with Gasteiger partial charge in [0.05, 0.1) is 7.11 Å². The molecule has 3 nitrogen and oxygen atoms in total. The van der Waals surface area contributed by atoms with Crippen LogP contribution in [0.2, 0.25) is 0 Å². The SMILES string of the molecule is COC(=O)CCc1ccc(OCc2csc3ccccc23)cc1. The quantitative estimate of drug-likeness (QED) is 0.622. The summed E-state index contributed by atoms with van der Waals surface area (Å²) in [5, 5.41) is 3.40. The lowest BCUT2D eigenvalue weighted by atomic mass is 10.1. The zero-order valence-electron chi connectivity index (χ0n) is 13.0. The highest BCUT2D eigenvalue weighted by atomic mass is 32.1. The summed E-state index contributed by atoms with van der Waals surface area (Å²) in [6.07, 6.45) is 1.08. The zero-order chi connectivity index (χ0) is 16.1. The van der Waals surface area contributed by atoms with Gasteiger partial charge in [0.2, 0.25) is 0 Å². The molecule has 0 N–H and O–H groups in total. The first kappa shape index (κ1) is 15.6. The van der Waals surface area contributed by atoms with Crippen LogP contribution >= 0.6 is 11.3 Å². The van der Waals surface area contributed by atoms with Gasteiger partial charge in [-0.05, 0) is 40.9 Å². The average Bonchev–Trinajstić information content (AvgIpc) is 3.02. The molecule has 1 heterocycles. The van der Waals surface area contributed by atoms with Crippen LogP contribution in [0, 0.1) is 0 Å². The van der Waals surface area contributed by atoms with Gasteiger partial charge >= 0.3 is 5.97 Å². The van der Waals surface area contributed by atoms with Crippen molar-refractivity contribution in [2.45, 2.75) is 19.4 Å². The highest BCUT2D eigenvalue weighted by Crippen LogP contribution is 2.26. The molecule has 3 aromatic rings. The van der Waals surface area contributed by atoms with Gasteiger partial charge in [0.1, 0.15) is 12.4 Å². The Morgan fingerprint density at radius 3 is 2.65 bits per heavy atom. The molecule has 4 heteroatoms. The van der Waals surface area contributed by atoms with Crippen LogP contribution in [0.25, 0.3) is 10.1 Å². The van der Waals surface area contributed by atoms with E-state index in [1.54, 1.807) is 11.3 Å². The van der Waals surface area contributed by atoms with E-state index in [1.807, 2.05) is 24.3 Å². The predicted octanol–water partition coefficient (Wildman–Crippen LogP) is 4.59. The molecule has 0 amide bonds. The molecule has 0 bridgehead atoms. The minimum Gasteiger partial charge on any atom is -0.489 e. The molecule has 0 aliphatic heterocycles. The normalized spacial score (nSPS) is 10.7. The van der Waals surface area contributed by atoms with E-state index in [0.717, 1.165) is 11.3 Å². The molecule has 0 fully saturated rings. The Kier molecular flexibility index (Phi) is 4.93. The van der Waals surface area contributed by atoms with E-state index >= 15 is 0 Å². The van der Waals surface area contributed by atoms with Crippen molar-refractivity contribution in [3.05, 3.63) is 65.0 Å². The molecule has 3 rings (SSSR count). The second-order valence-electron chi connectivity index (χ2n) is 5.27. The monoisotopic (exact) mass is 326 g/mol. The first-order valence-corrected chi connectivity index (χ1v) is 8.38. The van der Waals surface area contributed by atoms with Gasteiger partial charge in [0.25, 0.3) is 0 Å². The molecule has 0 saturated carbocycles. The number of aryl methyl sites for hydroxylation is 1. The van der Waals surface area contributed by atoms with Gasteiger partial charge in [0.15, 0.2) is 0 Å². The van der Waals surface area contributed by atoms with Gasteiger partial charge in [-0.1, -0.05) is 30.3 Å². The molecule has 23 heavy (non-hydrogen) atoms. The number of fused-ring (bicyclic) bond motifs is 1. The number of benzene rings is 2. The van der Waals surface area contributed by atoms with E-state index in [9.17, 15) is 4.79 Å². The van der Waals surface area contributed by atoms with Crippen LogP contribution in [0.5, 0.6) is 5.75 Å². The molecule has 0 saturated heterocycles. The van der Waals surface area contributed by atoms with Crippen LogP contribution < -0.4 is 4.74 Å². The number of esters is 1. The van der Waals surface area contributed by atoms with Crippen molar-refractivity contribution >= 4 is 27.4 Å². The Balaban J connectivity index is 1.59. The van der Waals surface area contributed by atoms with Crippen molar-refractivity contribution in [1.82, 2.24) is 0 Å². The molecule has 0 aliphatic rings. The number of methoxy groups -OCH3 is 1. The number of hydrogen-bond donors (Lipinski definition) is 0. The van der Waals surface area contributed by atoms with Gasteiger partial charge < -0.3 is 9.47 Å². The second kappa shape index (κ2) is 7.29. The molecule has 0 spiro atoms. The van der Waals surface area contributed by atoms with Crippen LogP contribution in [0.4, 0.5) is 0 Å². The van der Waals surface area contributed by atoms with Crippen LogP contribution in [-0.4, -0.2) is 13.1 Å². The lowest BCUT2D eigenvalue weighted by Gasteiger charge is -2.07. The maximum Gasteiger partial charge on any atom is 0.305 e. The fraction of sp³-hybridized carbons (Fsp3) is 0.211. The first-order chi connectivity index (χ1) is 11.3. The Bertz CT molecular complexity index is 790. The van der Waals surface area contributed by atoms with Crippen LogP contribution in [0.3, 0.4) is 0 Å². The second-order valence-corrected chi connectivity index (χ2v) is 6.18. The lowest BCUT2D eigenvalue weighted by Crippen LogP contribution is -2.01. The predicted molar refractivity (Wildman–Crippen MR) is 92.9 cm³/mol. The largest absolute Gasteiger partial charge is 0.489 e. The van der Waals surface area contributed by atoms with E-state index in [0.29, 0.717) is 19.4 Å². The Morgan fingerprint density at radius 1 is 1.09 bits per heavy atom. The smallest absolute Gasteiger partial charge is 0.305 e. The summed E-state index contributed by atoms with van der Waals surface area (Å²) in [6, 6.07) is 16.2. The van der Waals surface area contributed by atoms with Crippen LogP contribution in [-0.2, 0) is 22.6 Å². The fourth-order valence-electron chi connectivity index (χ4n) is 2.41. The lowest BCUT2D eigenvalue weighted by molar-refractivity contribution is -0.140. The number of thiophene rings is 1. The third-order valence-electron chi connectivity index (χ3n) is 3.72.